The van der Waals surface area contributed by atoms with E-state index in [-0.39, 0.29) is 0 Å². The Morgan fingerprint density at radius 2 is 1.86 bits per heavy atom. The minimum Gasteiger partial charge on any atom is -0.256 e. The SMILES string of the molecule is FC(F)(F)c1[c]c2ccccc2nc1. The average molecular weight is 196 g/mol. The normalized spacial score (nSPS) is 11.9. The molecule has 1 aromatic carbocycles. The first kappa shape index (κ1) is 8.99. The lowest BCUT2D eigenvalue weighted by molar-refractivity contribution is -0.137. The van der Waals surface area contributed by atoms with Crippen molar-refractivity contribution in [3.63, 3.8) is 0 Å². The number of pyridine rings is 1. The van der Waals surface area contributed by atoms with E-state index in [2.05, 4.69) is 11.1 Å². The van der Waals surface area contributed by atoms with Crippen LogP contribution in [0.15, 0.2) is 30.5 Å². The Morgan fingerprint density at radius 3 is 2.57 bits per heavy atom. The molecule has 0 atom stereocenters. The molecule has 0 N–H and O–H groups in total. The lowest BCUT2D eigenvalue weighted by Gasteiger charge is -2.05. The minimum absolute atomic E-state index is 0.377. The summed E-state index contributed by atoms with van der Waals surface area (Å²) in [6.45, 7) is 0. The number of nitrogens with zero attached hydrogens (tertiary/aromatic N) is 1. The highest BCUT2D eigenvalue weighted by Gasteiger charge is 2.31. The Kier molecular flexibility index (Phi) is 1.91. The lowest BCUT2D eigenvalue weighted by atomic mass is 10.1. The van der Waals surface area contributed by atoms with Crippen LogP contribution in [0.4, 0.5) is 13.2 Å². The van der Waals surface area contributed by atoms with Gasteiger partial charge < -0.3 is 0 Å². The first-order valence-electron chi connectivity index (χ1n) is 3.91. The van der Waals surface area contributed by atoms with Crippen LogP contribution in [-0.4, -0.2) is 4.98 Å². The van der Waals surface area contributed by atoms with Crippen LogP contribution in [0, 0.1) is 6.07 Å². The zero-order chi connectivity index (χ0) is 10.2. The smallest absolute Gasteiger partial charge is 0.256 e. The molecular formula is C10H5F3N. The minimum atomic E-state index is -4.38. The van der Waals surface area contributed by atoms with Gasteiger partial charge in [-0.05, 0) is 6.07 Å². The number of hydrogen-bond acceptors (Lipinski definition) is 1. The van der Waals surface area contributed by atoms with E-state index in [9.17, 15) is 13.2 Å². The van der Waals surface area contributed by atoms with E-state index in [0.717, 1.165) is 6.20 Å². The number of para-hydroxylation sites is 1. The number of rotatable bonds is 0. The Bertz CT molecular complexity index is 462. The van der Waals surface area contributed by atoms with Crippen molar-refractivity contribution in [3.8, 4) is 0 Å². The zero-order valence-electron chi connectivity index (χ0n) is 6.97. The molecule has 0 bridgehead atoms. The largest absolute Gasteiger partial charge is 0.418 e. The number of benzene rings is 1. The summed E-state index contributed by atoms with van der Waals surface area (Å²) in [5.41, 5.74) is -0.322. The molecule has 1 heterocycles. The second-order valence-corrected chi connectivity index (χ2v) is 2.81. The van der Waals surface area contributed by atoms with Gasteiger partial charge in [0.2, 0.25) is 0 Å². The van der Waals surface area contributed by atoms with Crippen molar-refractivity contribution in [2.75, 3.05) is 0 Å². The van der Waals surface area contributed by atoms with E-state index in [1.54, 1.807) is 24.3 Å². The highest BCUT2D eigenvalue weighted by Crippen LogP contribution is 2.29. The third kappa shape index (κ3) is 1.55. The van der Waals surface area contributed by atoms with Gasteiger partial charge in [0, 0.05) is 17.6 Å². The monoisotopic (exact) mass is 196 g/mol. The van der Waals surface area contributed by atoms with Gasteiger partial charge in [-0.1, -0.05) is 18.2 Å². The topological polar surface area (TPSA) is 12.9 Å². The molecule has 71 valence electrons. The standard InChI is InChI=1S/C10H5F3N/c11-10(12,13)8-5-7-3-1-2-4-9(7)14-6-8/h1-4,6H. The van der Waals surface area contributed by atoms with Crippen molar-refractivity contribution < 1.29 is 13.2 Å². The summed E-state index contributed by atoms with van der Waals surface area (Å²) in [5.74, 6) is 0. The Morgan fingerprint density at radius 1 is 1.14 bits per heavy atom. The van der Waals surface area contributed by atoms with Crippen molar-refractivity contribution in [2.45, 2.75) is 6.18 Å². The molecule has 0 aliphatic heterocycles. The summed E-state index contributed by atoms with van der Waals surface area (Å²) in [7, 11) is 0. The highest BCUT2D eigenvalue weighted by molar-refractivity contribution is 5.78. The third-order valence-corrected chi connectivity index (χ3v) is 1.81. The average Bonchev–Trinajstić information content (AvgIpc) is 2.16. The molecule has 14 heavy (non-hydrogen) atoms. The number of aromatic nitrogens is 1. The summed E-state index contributed by atoms with van der Waals surface area (Å²) >= 11 is 0. The van der Waals surface area contributed by atoms with Gasteiger partial charge in [0.25, 0.3) is 0 Å². The molecule has 0 unspecified atom stereocenters. The molecule has 0 aliphatic rings. The van der Waals surface area contributed by atoms with Crippen LogP contribution < -0.4 is 0 Å². The number of halogens is 3. The van der Waals surface area contributed by atoms with Crippen LogP contribution >= 0.6 is 0 Å². The summed E-state index contributed by atoms with van der Waals surface area (Å²) in [4.78, 5) is 3.70. The lowest BCUT2D eigenvalue weighted by Crippen LogP contribution is -2.05. The summed E-state index contributed by atoms with van der Waals surface area (Å²) in [6, 6.07) is 8.85. The van der Waals surface area contributed by atoms with Gasteiger partial charge in [-0.3, -0.25) is 4.98 Å². The summed E-state index contributed by atoms with van der Waals surface area (Å²) < 4.78 is 36.7. The van der Waals surface area contributed by atoms with Gasteiger partial charge in [-0.15, -0.1) is 0 Å². The Hall–Kier alpha value is -1.58. The van der Waals surface area contributed by atoms with Crippen LogP contribution in [0.3, 0.4) is 0 Å². The predicted octanol–water partition coefficient (Wildman–Crippen LogP) is 3.05. The van der Waals surface area contributed by atoms with Gasteiger partial charge in [-0.25, -0.2) is 0 Å². The second kappa shape index (κ2) is 2.97. The molecule has 1 aromatic heterocycles. The fraction of sp³-hybridized carbons (Fsp3) is 0.100. The maximum absolute atomic E-state index is 12.2. The van der Waals surface area contributed by atoms with Gasteiger partial charge in [0.1, 0.15) is 0 Å². The van der Waals surface area contributed by atoms with Gasteiger partial charge in [0.15, 0.2) is 0 Å². The van der Waals surface area contributed by atoms with Crippen LogP contribution in [0.1, 0.15) is 5.56 Å². The molecule has 0 saturated heterocycles. The van der Waals surface area contributed by atoms with Crippen LogP contribution in [-0.2, 0) is 6.18 Å². The van der Waals surface area contributed by atoms with Crippen molar-refractivity contribution in [3.05, 3.63) is 42.1 Å². The van der Waals surface area contributed by atoms with E-state index >= 15 is 0 Å². The molecule has 1 nitrogen and oxygen atoms in total. The van der Waals surface area contributed by atoms with Gasteiger partial charge in [0.05, 0.1) is 11.1 Å². The first-order valence-corrected chi connectivity index (χ1v) is 3.91. The molecule has 0 aliphatic carbocycles. The van der Waals surface area contributed by atoms with Crippen LogP contribution in [0.5, 0.6) is 0 Å². The fourth-order valence-electron chi connectivity index (χ4n) is 1.15. The van der Waals surface area contributed by atoms with Crippen molar-refractivity contribution in [2.24, 2.45) is 0 Å². The Balaban J connectivity index is 2.63. The van der Waals surface area contributed by atoms with Crippen molar-refractivity contribution in [1.29, 1.82) is 0 Å². The summed E-state index contributed by atoms with van der Waals surface area (Å²) in [5, 5.41) is 0.377. The molecule has 4 heteroatoms. The molecular weight excluding hydrogens is 191 g/mol. The van der Waals surface area contributed by atoms with Crippen molar-refractivity contribution >= 4 is 10.9 Å². The van der Waals surface area contributed by atoms with Crippen LogP contribution in [0.2, 0.25) is 0 Å². The maximum atomic E-state index is 12.2. The Labute approximate surface area is 78.2 Å². The van der Waals surface area contributed by atoms with Crippen LogP contribution in [0.25, 0.3) is 10.9 Å². The van der Waals surface area contributed by atoms with E-state index in [4.69, 9.17) is 0 Å². The molecule has 1 radical (unpaired) electrons. The predicted molar refractivity (Wildman–Crippen MR) is 45.6 cm³/mol. The molecule has 0 spiro atoms. The second-order valence-electron chi connectivity index (χ2n) is 2.81. The molecule has 2 rings (SSSR count). The number of fused-ring (bicyclic) bond motifs is 1. The fourth-order valence-corrected chi connectivity index (χ4v) is 1.15. The third-order valence-electron chi connectivity index (χ3n) is 1.81. The van der Waals surface area contributed by atoms with E-state index in [1.807, 2.05) is 0 Å². The molecule has 0 saturated carbocycles. The number of alkyl halides is 3. The van der Waals surface area contributed by atoms with E-state index in [1.165, 1.54) is 0 Å². The summed E-state index contributed by atoms with van der Waals surface area (Å²) in [6.07, 6.45) is -3.58. The molecule has 0 fully saturated rings. The van der Waals surface area contributed by atoms with Gasteiger partial charge in [-0.2, -0.15) is 13.2 Å². The molecule has 0 amide bonds. The van der Waals surface area contributed by atoms with E-state index < -0.39 is 11.7 Å². The van der Waals surface area contributed by atoms with Gasteiger partial charge >= 0.3 is 6.18 Å². The molecule has 2 aromatic rings. The highest BCUT2D eigenvalue weighted by atomic mass is 19.4. The first-order chi connectivity index (χ1) is 6.57. The zero-order valence-corrected chi connectivity index (χ0v) is 6.97. The maximum Gasteiger partial charge on any atom is 0.418 e. The number of hydrogen-bond donors (Lipinski definition) is 0. The quantitative estimate of drug-likeness (QED) is 0.631. The van der Waals surface area contributed by atoms with E-state index in [0.29, 0.717) is 10.9 Å². The van der Waals surface area contributed by atoms with Crippen molar-refractivity contribution in [1.82, 2.24) is 4.98 Å².